The monoisotopic (exact) mass is 829 g/mol. The summed E-state index contributed by atoms with van der Waals surface area (Å²) in [5.41, 5.74) is 17.4. The average Bonchev–Trinajstić information content (AvgIpc) is 3.66. The molecular formula is C60H51N3O. The Labute approximate surface area is 376 Å². The summed E-state index contributed by atoms with van der Waals surface area (Å²) in [6.07, 6.45) is 1.92. The third kappa shape index (κ3) is 7.66. The van der Waals surface area contributed by atoms with Gasteiger partial charge in [0.25, 0.3) is 0 Å². The highest BCUT2D eigenvalue weighted by Crippen LogP contribution is 2.41. The molecule has 3 heterocycles. The topological polar surface area (TPSA) is 50.9 Å². The summed E-state index contributed by atoms with van der Waals surface area (Å²) in [7, 11) is 0. The Morgan fingerprint density at radius 2 is 1.00 bits per heavy atom. The second kappa shape index (κ2) is 16.0. The smallest absolute Gasteiger partial charge is 0.125 e. The minimum atomic E-state index is -0.0590. The van der Waals surface area contributed by atoms with Crippen molar-refractivity contribution in [3.63, 3.8) is 0 Å². The van der Waals surface area contributed by atoms with E-state index < -0.39 is 0 Å². The second-order valence-electron chi connectivity index (χ2n) is 18.9. The molecule has 4 nitrogen and oxygen atoms in total. The number of aromatic hydroxyl groups is 1. The van der Waals surface area contributed by atoms with E-state index in [9.17, 15) is 5.11 Å². The third-order valence-electron chi connectivity index (χ3n) is 12.4. The highest BCUT2D eigenvalue weighted by atomic mass is 16.3. The summed E-state index contributed by atoms with van der Waals surface area (Å²) in [5, 5.41) is 13.9. The lowest BCUT2D eigenvalue weighted by atomic mass is 9.79. The van der Waals surface area contributed by atoms with Gasteiger partial charge in [0.1, 0.15) is 5.75 Å². The van der Waals surface area contributed by atoms with Crippen molar-refractivity contribution in [2.24, 2.45) is 0 Å². The molecule has 0 aliphatic carbocycles. The van der Waals surface area contributed by atoms with E-state index in [1.807, 2.05) is 30.5 Å². The van der Waals surface area contributed by atoms with E-state index in [1.165, 1.54) is 32.9 Å². The maximum atomic E-state index is 11.5. The quantitative estimate of drug-likeness (QED) is 0.174. The van der Waals surface area contributed by atoms with Gasteiger partial charge in [-0.25, -0.2) is 4.98 Å². The summed E-state index contributed by atoms with van der Waals surface area (Å²) in [6, 6.07) is 66.1. The number of rotatable bonds is 7. The van der Waals surface area contributed by atoms with Crippen molar-refractivity contribution in [2.75, 3.05) is 0 Å². The fraction of sp³-hybridized carbons (Fsp3) is 0.133. The van der Waals surface area contributed by atoms with Gasteiger partial charge in [-0.05, 0) is 110 Å². The van der Waals surface area contributed by atoms with Gasteiger partial charge in [-0.2, -0.15) is 0 Å². The molecule has 0 aliphatic heterocycles. The molecule has 0 saturated heterocycles. The normalized spacial score (nSPS) is 12.0. The lowest BCUT2D eigenvalue weighted by Crippen LogP contribution is -2.16. The Bertz CT molecular complexity index is 3320. The molecule has 312 valence electrons. The Balaban J connectivity index is 1.13. The molecule has 0 amide bonds. The molecule has 1 N–H and O–H groups in total. The maximum absolute atomic E-state index is 11.5. The molecule has 0 bridgehead atoms. The van der Waals surface area contributed by atoms with Gasteiger partial charge in [-0.1, -0.05) is 169 Å². The Kier molecular flexibility index (Phi) is 10.1. The van der Waals surface area contributed by atoms with Crippen molar-refractivity contribution in [1.82, 2.24) is 14.5 Å². The molecule has 0 aliphatic rings. The molecule has 0 atom stereocenters. The van der Waals surface area contributed by atoms with E-state index in [0.29, 0.717) is 11.3 Å². The molecule has 10 rings (SSSR count). The van der Waals surface area contributed by atoms with Crippen LogP contribution in [0.15, 0.2) is 194 Å². The van der Waals surface area contributed by atoms with Crippen LogP contribution in [0.1, 0.15) is 52.7 Å². The minimum absolute atomic E-state index is 0.0590. The van der Waals surface area contributed by atoms with Crippen LogP contribution in [0.5, 0.6) is 5.75 Å². The second-order valence-corrected chi connectivity index (χ2v) is 18.9. The minimum Gasteiger partial charge on any atom is -0.507 e. The maximum Gasteiger partial charge on any atom is 0.125 e. The van der Waals surface area contributed by atoms with Crippen LogP contribution in [-0.2, 0) is 10.8 Å². The first kappa shape index (κ1) is 40.5. The lowest BCUT2D eigenvalue weighted by Gasteiger charge is -2.26. The predicted molar refractivity (Wildman–Crippen MR) is 268 cm³/mol. The Morgan fingerprint density at radius 1 is 0.406 bits per heavy atom. The zero-order valence-electron chi connectivity index (χ0n) is 37.3. The van der Waals surface area contributed by atoms with Crippen LogP contribution in [0.4, 0.5) is 0 Å². The largest absolute Gasteiger partial charge is 0.507 e. The van der Waals surface area contributed by atoms with Crippen LogP contribution in [0, 0.1) is 0 Å². The van der Waals surface area contributed by atoms with E-state index in [0.717, 1.165) is 61.6 Å². The summed E-state index contributed by atoms with van der Waals surface area (Å²) in [5.74, 6) is 0.185. The number of hydrogen-bond acceptors (Lipinski definition) is 3. The van der Waals surface area contributed by atoms with Gasteiger partial charge in [-0.15, -0.1) is 0 Å². The van der Waals surface area contributed by atoms with Crippen molar-refractivity contribution >= 4 is 21.8 Å². The number of nitrogens with zero attached hydrogens (tertiary/aromatic N) is 3. The number of para-hydroxylation sites is 3. The number of phenolic OH excluding ortho intramolecular Hbond substituents is 1. The van der Waals surface area contributed by atoms with Gasteiger partial charge in [0.2, 0.25) is 0 Å². The van der Waals surface area contributed by atoms with Crippen molar-refractivity contribution in [3.8, 4) is 78.6 Å². The van der Waals surface area contributed by atoms with Gasteiger partial charge in [-0.3, -0.25) is 4.98 Å². The molecule has 0 spiro atoms. The van der Waals surface area contributed by atoms with E-state index in [4.69, 9.17) is 9.97 Å². The molecule has 0 fully saturated rings. The van der Waals surface area contributed by atoms with E-state index in [2.05, 4.69) is 204 Å². The SMILES string of the molecule is CC(C)(C)c1cc(-c2cc(-c3cccc(-c4cc(-c5cccc6c7ccccc7n(-c7ccccc7)c56)ccn4)c3)nc(-c3cc(-c4ccccc4)ccc3O)c2)cc(C(C)(C)C)c1. The van der Waals surface area contributed by atoms with Crippen LogP contribution in [0.3, 0.4) is 0 Å². The van der Waals surface area contributed by atoms with Gasteiger partial charge in [0, 0.05) is 44.9 Å². The molecule has 7 aromatic carbocycles. The van der Waals surface area contributed by atoms with E-state index in [-0.39, 0.29) is 16.6 Å². The number of pyridine rings is 2. The number of aromatic nitrogens is 3. The van der Waals surface area contributed by atoms with Gasteiger partial charge >= 0.3 is 0 Å². The van der Waals surface area contributed by atoms with Gasteiger partial charge in [0.15, 0.2) is 0 Å². The third-order valence-corrected chi connectivity index (χ3v) is 12.4. The van der Waals surface area contributed by atoms with Crippen LogP contribution in [-0.4, -0.2) is 19.6 Å². The molecule has 0 unspecified atom stereocenters. The molecule has 4 heteroatoms. The van der Waals surface area contributed by atoms with Crippen LogP contribution in [0.2, 0.25) is 0 Å². The zero-order chi connectivity index (χ0) is 44.2. The molecule has 64 heavy (non-hydrogen) atoms. The Morgan fingerprint density at radius 3 is 1.73 bits per heavy atom. The zero-order valence-corrected chi connectivity index (χ0v) is 37.3. The van der Waals surface area contributed by atoms with E-state index >= 15 is 0 Å². The summed E-state index contributed by atoms with van der Waals surface area (Å²) >= 11 is 0. The highest BCUT2D eigenvalue weighted by Gasteiger charge is 2.23. The first-order valence-corrected chi connectivity index (χ1v) is 22.1. The number of fused-ring (bicyclic) bond motifs is 3. The van der Waals surface area contributed by atoms with Crippen LogP contribution >= 0.6 is 0 Å². The Hall–Kier alpha value is -7.56. The summed E-state index contributed by atoms with van der Waals surface area (Å²) in [6.45, 7) is 13.6. The van der Waals surface area contributed by atoms with Crippen LogP contribution < -0.4 is 0 Å². The van der Waals surface area contributed by atoms with Crippen molar-refractivity contribution in [2.45, 2.75) is 52.4 Å². The molecular weight excluding hydrogens is 779 g/mol. The fourth-order valence-corrected chi connectivity index (χ4v) is 8.89. The molecule has 10 aromatic rings. The highest BCUT2D eigenvalue weighted by molar-refractivity contribution is 6.13. The van der Waals surface area contributed by atoms with Crippen molar-refractivity contribution < 1.29 is 5.11 Å². The summed E-state index contributed by atoms with van der Waals surface area (Å²) in [4.78, 5) is 10.3. The fourth-order valence-electron chi connectivity index (χ4n) is 8.89. The van der Waals surface area contributed by atoms with Crippen LogP contribution in [0.25, 0.3) is 94.6 Å². The summed E-state index contributed by atoms with van der Waals surface area (Å²) < 4.78 is 2.38. The predicted octanol–water partition coefficient (Wildman–Crippen LogP) is 15.9. The number of hydrogen-bond donors (Lipinski definition) is 1. The molecule has 0 radical (unpaired) electrons. The number of phenols is 1. The first-order chi connectivity index (χ1) is 30.9. The standard InChI is InChI=1S/C60H51N3O/c1-59(2,3)46-32-44(33-47(38-46)60(4,5)6)45-36-54(62-55(37-45)52-34-40(27-28-57(52)64)39-17-9-7-10-18-39)43-20-15-19-42(31-43)53-35-41(29-30-61-53)49-24-16-25-51-50-23-13-14-26-56(50)63(58(49)51)48-21-11-8-12-22-48/h7-38,64H,1-6H3. The molecule has 0 saturated carbocycles. The lowest BCUT2D eigenvalue weighted by molar-refractivity contribution is 0.477. The first-order valence-electron chi connectivity index (χ1n) is 22.1. The number of benzene rings is 7. The van der Waals surface area contributed by atoms with Gasteiger partial charge in [0.05, 0.1) is 28.1 Å². The van der Waals surface area contributed by atoms with E-state index in [1.54, 1.807) is 6.07 Å². The van der Waals surface area contributed by atoms with Crippen molar-refractivity contribution in [3.05, 3.63) is 205 Å². The van der Waals surface area contributed by atoms with Crippen molar-refractivity contribution in [1.29, 1.82) is 0 Å². The molecule has 3 aromatic heterocycles. The van der Waals surface area contributed by atoms with Gasteiger partial charge < -0.3 is 9.67 Å². The average molecular weight is 830 g/mol.